The summed E-state index contributed by atoms with van der Waals surface area (Å²) < 4.78 is 5.43. The number of ether oxygens (including phenoxy) is 1. The maximum absolute atomic E-state index is 5.43. The Kier molecular flexibility index (Phi) is 13.7. The molecular weight excluding hydrogens is 441 g/mol. The van der Waals surface area contributed by atoms with Gasteiger partial charge in [0.1, 0.15) is 0 Å². The molecule has 0 aromatic rings. The van der Waals surface area contributed by atoms with Crippen LogP contribution in [-0.2, 0) is 4.74 Å². The predicted octanol–water partition coefficient (Wildman–Crippen LogP) is 2.15. The van der Waals surface area contributed by atoms with E-state index in [9.17, 15) is 0 Å². The topological polar surface area (TPSA) is 52.1 Å². The van der Waals surface area contributed by atoms with Gasteiger partial charge in [0.15, 0.2) is 5.96 Å². The average Bonchev–Trinajstić information content (AvgIpc) is 2.92. The average molecular weight is 481 g/mol. The Labute approximate surface area is 177 Å². The van der Waals surface area contributed by atoms with Gasteiger partial charge in [-0.1, -0.05) is 12.8 Å². The molecule has 2 aliphatic rings. The molecule has 0 amide bonds. The van der Waals surface area contributed by atoms with Crippen LogP contribution in [0.25, 0.3) is 0 Å². The molecule has 2 rings (SSSR count). The second-order valence-corrected chi connectivity index (χ2v) is 7.25. The molecule has 2 aliphatic heterocycles. The minimum atomic E-state index is 0. The van der Waals surface area contributed by atoms with Gasteiger partial charge < -0.3 is 20.3 Å². The highest BCUT2D eigenvalue weighted by molar-refractivity contribution is 14.0. The Morgan fingerprint density at radius 1 is 1.04 bits per heavy atom. The van der Waals surface area contributed by atoms with Crippen LogP contribution >= 0.6 is 24.0 Å². The number of halogens is 1. The van der Waals surface area contributed by atoms with E-state index in [2.05, 4.69) is 34.3 Å². The Bertz CT molecular complexity index is 369. The molecule has 0 radical (unpaired) electrons. The monoisotopic (exact) mass is 481 g/mol. The second-order valence-electron chi connectivity index (χ2n) is 7.25. The van der Waals surface area contributed by atoms with Crippen molar-refractivity contribution in [3.63, 3.8) is 0 Å². The van der Waals surface area contributed by atoms with Gasteiger partial charge in [-0.15, -0.1) is 24.0 Å². The van der Waals surface area contributed by atoms with E-state index in [0.717, 1.165) is 51.9 Å². The lowest BCUT2D eigenvalue weighted by atomic mass is 10.2. The molecule has 7 heteroatoms. The minimum absolute atomic E-state index is 0. The zero-order valence-electron chi connectivity index (χ0n) is 16.8. The SMILES string of the molecule is CCNC(=NCC(C)N1CCOCC1)NCCCN1CCCCCC1.I. The molecule has 0 aliphatic carbocycles. The first-order valence-corrected chi connectivity index (χ1v) is 10.4. The number of rotatable bonds is 8. The van der Waals surface area contributed by atoms with Crippen LogP contribution in [0.3, 0.4) is 0 Å². The molecule has 2 saturated heterocycles. The van der Waals surface area contributed by atoms with Crippen LogP contribution in [0.5, 0.6) is 0 Å². The molecule has 26 heavy (non-hydrogen) atoms. The van der Waals surface area contributed by atoms with E-state index in [1.807, 2.05) is 0 Å². The summed E-state index contributed by atoms with van der Waals surface area (Å²) in [6.45, 7) is 14.6. The van der Waals surface area contributed by atoms with E-state index >= 15 is 0 Å². The van der Waals surface area contributed by atoms with Gasteiger partial charge in [-0.3, -0.25) is 9.89 Å². The van der Waals surface area contributed by atoms with Gasteiger partial charge in [-0.2, -0.15) is 0 Å². The minimum Gasteiger partial charge on any atom is -0.379 e. The van der Waals surface area contributed by atoms with Gasteiger partial charge in [-0.25, -0.2) is 0 Å². The molecule has 2 N–H and O–H groups in total. The largest absolute Gasteiger partial charge is 0.379 e. The van der Waals surface area contributed by atoms with Crippen molar-refractivity contribution in [2.45, 2.75) is 52.0 Å². The van der Waals surface area contributed by atoms with Crippen LogP contribution in [0.1, 0.15) is 46.0 Å². The first-order chi connectivity index (χ1) is 12.3. The molecule has 1 unspecified atom stereocenters. The Hall–Kier alpha value is -0.120. The van der Waals surface area contributed by atoms with Gasteiger partial charge in [0.25, 0.3) is 0 Å². The zero-order chi connectivity index (χ0) is 17.7. The molecule has 2 heterocycles. The third-order valence-electron chi connectivity index (χ3n) is 5.17. The molecular formula is C19H40IN5O. The van der Waals surface area contributed by atoms with Gasteiger partial charge >= 0.3 is 0 Å². The smallest absolute Gasteiger partial charge is 0.191 e. The third kappa shape index (κ3) is 9.71. The van der Waals surface area contributed by atoms with Crippen molar-refractivity contribution < 1.29 is 4.74 Å². The van der Waals surface area contributed by atoms with Crippen LogP contribution in [0.4, 0.5) is 0 Å². The fraction of sp³-hybridized carbons (Fsp3) is 0.947. The zero-order valence-corrected chi connectivity index (χ0v) is 19.2. The Morgan fingerprint density at radius 2 is 1.73 bits per heavy atom. The highest BCUT2D eigenvalue weighted by atomic mass is 127. The van der Waals surface area contributed by atoms with Crippen molar-refractivity contribution in [3.8, 4) is 0 Å². The summed E-state index contributed by atoms with van der Waals surface area (Å²) >= 11 is 0. The lowest BCUT2D eigenvalue weighted by Gasteiger charge is -2.31. The van der Waals surface area contributed by atoms with Crippen LogP contribution in [0.2, 0.25) is 0 Å². The van der Waals surface area contributed by atoms with Crippen molar-refractivity contribution in [3.05, 3.63) is 0 Å². The van der Waals surface area contributed by atoms with E-state index < -0.39 is 0 Å². The van der Waals surface area contributed by atoms with Gasteiger partial charge in [0, 0.05) is 32.2 Å². The molecule has 6 nitrogen and oxygen atoms in total. The van der Waals surface area contributed by atoms with Crippen LogP contribution < -0.4 is 10.6 Å². The van der Waals surface area contributed by atoms with Crippen molar-refractivity contribution in [2.24, 2.45) is 4.99 Å². The molecule has 1 atom stereocenters. The van der Waals surface area contributed by atoms with Crippen molar-refractivity contribution in [1.82, 2.24) is 20.4 Å². The number of hydrogen-bond donors (Lipinski definition) is 2. The van der Waals surface area contributed by atoms with Gasteiger partial charge in [0.2, 0.25) is 0 Å². The lowest BCUT2D eigenvalue weighted by molar-refractivity contribution is 0.0220. The third-order valence-corrected chi connectivity index (χ3v) is 5.17. The molecule has 0 saturated carbocycles. The van der Waals surface area contributed by atoms with E-state index in [0.29, 0.717) is 6.04 Å². The highest BCUT2D eigenvalue weighted by Crippen LogP contribution is 2.09. The number of nitrogens with one attached hydrogen (secondary N) is 2. The summed E-state index contributed by atoms with van der Waals surface area (Å²) in [6.07, 6.45) is 6.75. The fourth-order valence-electron chi connectivity index (χ4n) is 3.57. The number of nitrogens with zero attached hydrogens (tertiary/aromatic N) is 3. The maximum Gasteiger partial charge on any atom is 0.191 e. The van der Waals surface area contributed by atoms with Crippen LogP contribution in [-0.4, -0.2) is 87.4 Å². The van der Waals surface area contributed by atoms with E-state index in [1.165, 1.54) is 51.7 Å². The van der Waals surface area contributed by atoms with E-state index in [-0.39, 0.29) is 24.0 Å². The molecule has 154 valence electrons. The van der Waals surface area contributed by atoms with Crippen molar-refractivity contribution >= 4 is 29.9 Å². The number of likely N-dealkylation sites (tertiary alicyclic amines) is 1. The van der Waals surface area contributed by atoms with Crippen molar-refractivity contribution in [2.75, 3.05) is 65.6 Å². The quantitative estimate of drug-likeness (QED) is 0.241. The second kappa shape index (κ2) is 14.9. The molecule has 2 fully saturated rings. The fourth-order valence-corrected chi connectivity index (χ4v) is 3.57. The Morgan fingerprint density at radius 3 is 2.38 bits per heavy atom. The highest BCUT2D eigenvalue weighted by Gasteiger charge is 2.16. The number of hydrogen-bond acceptors (Lipinski definition) is 4. The van der Waals surface area contributed by atoms with Gasteiger partial charge in [-0.05, 0) is 52.7 Å². The number of aliphatic imine (C=N–C) groups is 1. The van der Waals surface area contributed by atoms with Crippen LogP contribution in [0, 0.1) is 0 Å². The summed E-state index contributed by atoms with van der Waals surface area (Å²) in [5, 5.41) is 6.87. The summed E-state index contributed by atoms with van der Waals surface area (Å²) in [4.78, 5) is 9.88. The summed E-state index contributed by atoms with van der Waals surface area (Å²) in [5.74, 6) is 0.957. The molecule has 0 bridgehead atoms. The van der Waals surface area contributed by atoms with E-state index in [1.54, 1.807) is 0 Å². The Balaban J connectivity index is 0.00000338. The summed E-state index contributed by atoms with van der Waals surface area (Å²) in [6, 6.07) is 0.469. The van der Waals surface area contributed by atoms with Crippen molar-refractivity contribution in [1.29, 1.82) is 0 Å². The standard InChI is InChI=1S/C19H39N5O.HI/c1-3-20-19(22-17-18(2)24-13-15-25-16-14-24)21-9-8-12-23-10-6-4-5-7-11-23;/h18H,3-17H2,1-2H3,(H2,20,21,22);1H. The first kappa shape index (κ1) is 23.9. The molecule has 0 spiro atoms. The predicted molar refractivity (Wildman–Crippen MR) is 121 cm³/mol. The van der Waals surface area contributed by atoms with E-state index in [4.69, 9.17) is 9.73 Å². The maximum atomic E-state index is 5.43. The number of guanidine groups is 1. The molecule has 0 aromatic carbocycles. The summed E-state index contributed by atoms with van der Waals surface area (Å²) in [5.41, 5.74) is 0. The first-order valence-electron chi connectivity index (χ1n) is 10.4. The summed E-state index contributed by atoms with van der Waals surface area (Å²) in [7, 11) is 0. The normalized spacial score (nSPS) is 21.5. The molecule has 0 aromatic heterocycles. The van der Waals surface area contributed by atoms with Gasteiger partial charge in [0.05, 0.1) is 19.8 Å². The number of morpholine rings is 1. The lowest BCUT2D eigenvalue weighted by Crippen LogP contribution is -2.44. The van der Waals surface area contributed by atoms with Crippen LogP contribution in [0.15, 0.2) is 4.99 Å².